The standard InChI is InChI=1S/C31H32N6O6/c1-40-22-12-8-20(9-13-22)31(19-6-4-3-5-7-19,21-10-14-23(41-2)15-11-21)42-17-25-24(38)16-30(33,43-25)37-18-34-26-27(37)35-29(32)36-28(26)39/h3-15,18,24-25,38H,16-17,33H2,1-2H3,(H3,32,35,36,39)/t24-,25+,30-/m0/s1. The molecule has 0 aliphatic carbocycles. The van der Waals surface area contributed by atoms with Gasteiger partial charge in [-0.2, -0.15) is 4.98 Å². The zero-order chi connectivity index (χ0) is 30.2. The monoisotopic (exact) mass is 584 g/mol. The Hall–Kier alpha value is -4.75. The van der Waals surface area contributed by atoms with Gasteiger partial charge in [-0.05, 0) is 41.0 Å². The summed E-state index contributed by atoms with van der Waals surface area (Å²) in [5.41, 5.74) is 13.5. The van der Waals surface area contributed by atoms with Gasteiger partial charge in [-0.3, -0.25) is 20.1 Å². The van der Waals surface area contributed by atoms with E-state index in [0.29, 0.717) is 11.5 Å². The molecular weight excluding hydrogens is 552 g/mol. The number of benzene rings is 3. The topological polar surface area (TPSA) is 173 Å². The number of aliphatic hydroxyl groups excluding tert-OH is 1. The summed E-state index contributed by atoms with van der Waals surface area (Å²) in [5, 5.41) is 11.2. The van der Waals surface area contributed by atoms with E-state index < -0.39 is 29.2 Å². The first kappa shape index (κ1) is 28.4. The van der Waals surface area contributed by atoms with E-state index >= 15 is 0 Å². The molecule has 0 bridgehead atoms. The Balaban J connectivity index is 1.39. The van der Waals surface area contributed by atoms with Gasteiger partial charge in [0.15, 0.2) is 11.2 Å². The number of nitrogens with two attached hydrogens (primary N) is 2. The number of aliphatic hydroxyl groups is 1. The molecule has 1 fully saturated rings. The lowest BCUT2D eigenvalue weighted by Gasteiger charge is -2.37. The third-order valence-corrected chi connectivity index (χ3v) is 7.76. The molecular formula is C31H32N6O6. The molecule has 0 amide bonds. The van der Waals surface area contributed by atoms with Gasteiger partial charge < -0.3 is 29.8 Å². The number of hydrogen-bond donors (Lipinski definition) is 4. The Morgan fingerprint density at radius 1 is 1.00 bits per heavy atom. The third-order valence-electron chi connectivity index (χ3n) is 7.76. The van der Waals surface area contributed by atoms with Gasteiger partial charge in [-0.15, -0.1) is 0 Å². The first-order valence-corrected chi connectivity index (χ1v) is 13.6. The van der Waals surface area contributed by atoms with Gasteiger partial charge in [0.25, 0.3) is 5.56 Å². The Morgan fingerprint density at radius 2 is 1.58 bits per heavy atom. The SMILES string of the molecule is COc1ccc(C(OC[C@H]2O[C@@](N)(n3cnc4c(=O)[nH]c(N)nc43)C[C@@H]2O)(c2ccccc2)c2ccc(OC)cc2)cc1. The predicted octanol–water partition coefficient (Wildman–Crippen LogP) is 2.45. The Morgan fingerprint density at radius 3 is 2.16 bits per heavy atom. The lowest BCUT2D eigenvalue weighted by atomic mass is 9.80. The smallest absolute Gasteiger partial charge is 0.280 e. The Bertz CT molecular complexity index is 1730. The Kier molecular flexibility index (Phi) is 7.36. The van der Waals surface area contributed by atoms with E-state index in [1.54, 1.807) is 14.2 Å². The summed E-state index contributed by atoms with van der Waals surface area (Å²) in [4.78, 5) is 23.1. The molecule has 0 unspecified atom stereocenters. The number of nitrogen functional groups attached to an aromatic ring is 1. The van der Waals surface area contributed by atoms with Crippen molar-refractivity contribution in [3.8, 4) is 11.5 Å². The summed E-state index contributed by atoms with van der Waals surface area (Å²) in [6.45, 7) is -0.0458. The van der Waals surface area contributed by atoms with Crippen molar-refractivity contribution in [1.82, 2.24) is 19.5 Å². The molecule has 43 heavy (non-hydrogen) atoms. The van der Waals surface area contributed by atoms with Crippen LogP contribution in [0, 0.1) is 0 Å². The van der Waals surface area contributed by atoms with E-state index in [-0.39, 0.29) is 30.1 Å². The quantitative estimate of drug-likeness (QED) is 0.189. The van der Waals surface area contributed by atoms with Crippen molar-refractivity contribution in [2.45, 2.75) is 30.1 Å². The highest BCUT2D eigenvalue weighted by Gasteiger charge is 2.48. The highest BCUT2D eigenvalue weighted by molar-refractivity contribution is 5.70. The maximum Gasteiger partial charge on any atom is 0.280 e. The van der Waals surface area contributed by atoms with Gasteiger partial charge in [0.1, 0.15) is 29.5 Å². The fourth-order valence-corrected chi connectivity index (χ4v) is 5.61. The van der Waals surface area contributed by atoms with Crippen molar-refractivity contribution in [3.63, 3.8) is 0 Å². The minimum atomic E-state index is -1.56. The van der Waals surface area contributed by atoms with E-state index in [1.807, 2.05) is 78.9 Å². The van der Waals surface area contributed by atoms with Gasteiger partial charge >= 0.3 is 0 Å². The van der Waals surface area contributed by atoms with Gasteiger partial charge in [0, 0.05) is 6.42 Å². The molecule has 12 heteroatoms. The number of anilines is 1. The van der Waals surface area contributed by atoms with Crippen LogP contribution < -0.4 is 26.5 Å². The molecule has 6 rings (SSSR count). The molecule has 222 valence electrons. The molecule has 1 saturated heterocycles. The molecule has 0 radical (unpaired) electrons. The van der Waals surface area contributed by atoms with E-state index in [2.05, 4.69) is 15.0 Å². The summed E-state index contributed by atoms with van der Waals surface area (Å²) in [5.74, 6) is -0.259. The largest absolute Gasteiger partial charge is 0.497 e. The van der Waals surface area contributed by atoms with Crippen LogP contribution >= 0.6 is 0 Å². The number of methoxy groups -OCH3 is 2. The molecule has 3 aromatic carbocycles. The number of rotatable bonds is 9. The molecule has 12 nitrogen and oxygen atoms in total. The van der Waals surface area contributed by atoms with Crippen molar-refractivity contribution >= 4 is 17.1 Å². The van der Waals surface area contributed by atoms with Gasteiger partial charge in [-0.25, -0.2) is 4.98 Å². The van der Waals surface area contributed by atoms with Gasteiger partial charge in [0.2, 0.25) is 11.8 Å². The van der Waals surface area contributed by atoms with Crippen LogP contribution in [0.2, 0.25) is 0 Å². The number of H-pyrrole nitrogens is 1. The van der Waals surface area contributed by atoms with Crippen LogP contribution in [-0.4, -0.2) is 57.7 Å². The fourth-order valence-electron chi connectivity index (χ4n) is 5.61. The van der Waals surface area contributed by atoms with Gasteiger partial charge in [-0.1, -0.05) is 54.6 Å². The summed E-state index contributed by atoms with van der Waals surface area (Å²) < 4.78 is 25.4. The first-order valence-electron chi connectivity index (χ1n) is 13.6. The van der Waals surface area contributed by atoms with E-state index in [1.165, 1.54) is 10.9 Å². The number of fused-ring (bicyclic) bond motifs is 1. The second-order valence-corrected chi connectivity index (χ2v) is 10.3. The number of aromatic nitrogens is 4. The lowest BCUT2D eigenvalue weighted by molar-refractivity contribution is -0.135. The maximum absolute atomic E-state index is 12.3. The summed E-state index contributed by atoms with van der Waals surface area (Å²) in [7, 11) is 3.22. The maximum atomic E-state index is 12.3. The zero-order valence-electron chi connectivity index (χ0n) is 23.6. The van der Waals surface area contributed by atoms with Crippen LogP contribution in [0.25, 0.3) is 11.2 Å². The summed E-state index contributed by atoms with van der Waals surface area (Å²) in [6.07, 6.45) is -0.515. The Labute approximate surface area is 246 Å². The van der Waals surface area contributed by atoms with Crippen molar-refractivity contribution in [1.29, 1.82) is 0 Å². The van der Waals surface area contributed by atoms with Crippen LogP contribution in [0.3, 0.4) is 0 Å². The lowest BCUT2D eigenvalue weighted by Crippen LogP contribution is -2.44. The first-order chi connectivity index (χ1) is 20.8. The van der Waals surface area contributed by atoms with Crippen LogP contribution in [0.1, 0.15) is 23.1 Å². The van der Waals surface area contributed by atoms with E-state index in [9.17, 15) is 9.90 Å². The average molecular weight is 585 g/mol. The fraction of sp³-hybridized carbons (Fsp3) is 0.258. The van der Waals surface area contributed by atoms with Crippen molar-refractivity contribution in [3.05, 3.63) is 112 Å². The molecule has 1 aliphatic heterocycles. The average Bonchev–Trinajstić information content (AvgIpc) is 3.59. The van der Waals surface area contributed by atoms with Crippen molar-refractivity contribution < 1.29 is 24.1 Å². The number of hydrogen-bond acceptors (Lipinski definition) is 10. The summed E-state index contributed by atoms with van der Waals surface area (Å²) >= 11 is 0. The number of ether oxygens (including phenoxy) is 4. The van der Waals surface area contributed by atoms with Crippen LogP contribution in [0.15, 0.2) is 90.0 Å². The molecule has 5 aromatic rings. The summed E-state index contributed by atoms with van der Waals surface area (Å²) in [6, 6.07) is 25.1. The minimum Gasteiger partial charge on any atom is -0.497 e. The molecule has 3 heterocycles. The van der Waals surface area contributed by atoms with Gasteiger partial charge in [0.05, 0.1) is 26.9 Å². The number of nitrogens with zero attached hydrogens (tertiary/aromatic N) is 3. The number of nitrogens with one attached hydrogen (secondary N) is 1. The predicted molar refractivity (Wildman–Crippen MR) is 158 cm³/mol. The zero-order valence-corrected chi connectivity index (χ0v) is 23.6. The second-order valence-electron chi connectivity index (χ2n) is 10.3. The molecule has 0 saturated carbocycles. The van der Waals surface area contributed by atoms with Crippen LogP contribution in [-0.2, 0) is 20.9 Å². The highest BCUT2D eigenvalue weighted by atomic mass is 16.6. The third kappa shape index (κ3) is 5.00. The normalized spacial score (nSPS) is 20.4. The molecule has 2 aromatic heterocycles. The van der Waals surface area contributed by atoms with Crippen molar-refractivity contribution in [2.75, 3.05) is 26.6 Å². The van der Waals surface area contributed by atoms with E-state index in [0.717, 1.165) is 16.7 Å². The van der Waals surface area contributed by atoms with E-state index in [4.69, 9.17) is 30.4 Å². The van der Waals surface area contributed by atoms with Crippen LogP contribution in [0.4, 0.5) is 5.95 Å². The number of imidazole rings is 1. The molecule has 3 atom stereocenters. The van der Waals surface area contributed by atoms with Crippen LogP contribution in [0.5, 0.6) is 11.5 Å². The highest BCUT2D eigenvalue weighted by Crippen LogP contribution is 2.43. The number of aromatic amines is 1. The molecule has 6 N–H and O–H groups in total. The van der Waals surface area contributed by atoms with Crippen molar-refractivity contribution in [2.24, 2.45) is 5.73 Å². The second kappa shape index (κ2) is 11.2. The molecule has 1 aliphatic rings. The molecule has 0 spiro atoms. The minimum absolute atomic E-state index is 0.00964.